The molecule has 0 radical (unpaired) electrons. The molecule has 1 heterocycles. The van der Waals surface area contributed by atoms with Gasteiger partial charge in [0.05, 0.1) is 12.1 Å². The van der Waals surface area contributed by atoms with Gasteiger partial charge in [0.15, 0.2) is 0 Å². The number of hydrogen-bond donors (Lipinski definition) is 3. The fraction of sp³-hybridized carbons (Fsp3) is 0.273. The Hall–Kier alpha value is -3.12. The summed E-state index contributed by atoms with van der Waals surface area (Å²) in [4.78, 5) is 16.6. The molecule has 3 N–H and O–H groups in total. The summed E-state index contributed by atoms with van der Waals surface area (Å²) in [6.07, 6.45) is 3.72. The van der Waals surface area contributed by atoms with E-state index in [4.69, 9.17) is 0 Å². The number of aliphatic hydroxyl groups is 1. The zero-order chi connectivity index (χ0) is 19.5. The summed E-state index contributed by atoms with van der Waals surface area (Å²) in [6, 6.07) is 15.3. The van der Waals surface area contributed by atoms with Crippen molar-refractivity contribution in [3.8, 4) is 0 Å². The summed E-state index contributed by atoms with van der Waals surface area (Å²) in [5, 5.41) is 16.1. The van der Waals surface area contributed by atoms with Crippen LogP contribution >= 0.6 is 0 Å². The first kappa shape index (κ1) is 18.3. The van der Waals surface area contributed by atoms with Crippen LogP contribution in [0.2, 0.25) is 0 Å². The molecule has 28 heavy (non-hydrogen) atoms. The molecule has 1 aromatic heterocycles. The minimum absolute atomic E-state index is 0.281. The zero-order valence-electron chi connectivity index (χ0n) is 15.8. The Labute approximate surface area is 164 Å². The van der Waals surface area contributed by atoms with Crippen molar-refractivity contribution in [3.63, 3.8) is 0 Å². The Kier molecular flexibility index (Phi) is 5.12. The molecule has 1 aliphatic rings. The SMILES string of the molecule is Cc1nccn1Cc1cccc(CNC(=O)N[C@@H]2c3ccccc3C[C@@H]2O)c1. The average Bonchev–Trinajstić information content (AvgIpc) is 3.23. The number of urea groups is 1. The third-order valence-electron chi connectivity index (χ3n) is 5.21. The van der Waals surface area contributed by atoms with E-state index in [-0.39, 0.29) is 12.1 Å². The Morgan fingerprint density at radius 1 is 1.21 bits per heavy atom. The Balaban J connectivity index is 1.35. The largest absolute Gasteiger partial charge is 0.390 e. The molecule has 1 aliphatic carbocycles. The minimum Gasteiger partial charge on any atom is -0.390 e. The third-order valence-corrected chi connectivity index (χ3v) is 5.21. The number of aliphatic hydroxyl groups excluding tert-OH is 1. The lowest BCUT2D eigenvalue weighted by molar-refractivity contribution is 0.142. The quantitative estimate of drug-likeness (QED) is 0.641. The number of aromatic nitrogens is 2. The van der Waals surface area contributed by atoms with Crippen LogP contribution in [0.15, 0.2) is 60.9 Å². The van der Waals surface area contributed by atoms with E-state index in [1.54, 1.807) is 6.20 Å². The van der Waals surface area contributed by atoms with E-state index in [9.17, 15) is 9.90 Å². The van der Waals surface area contributed by atoms with Crippen LogP contribution in [-0.2, 0) is 19.5 Å². The topological polar surface area (TPSA) is 79.2 Å². The van der Waals surface area contributed by atoms with Gasteiger partial charge in [-0.15, -0.1) is 0 Å². The third kappa shape index (κ3) is 3.92. The Bertz CT molecular complexity index is 982. The first-order chi connectivity index (χ1) is 13.6. The first-order valence-electron chi connectivity index (χ1n) is 9.46. The zero-order valence-corrected chi connectivity index (χ0v) is 15.8. The number of carbonyl (C=O) groups excluding carboxylic acids is 1. The van der Waals surface area contributed by atoms with Gasteiger partial charge in [-0.25, -0.2) is 9.78 Å². The first-order valence-corrected chi connectivity index (χ1v) is 9.46. The summed E-state index contributed by atoms with van der Waals surface area (Å²) in [5.74, 6) is 0.971. The van der Waals surface area contributed by atoms with E-state index in [2.05, 4.69) is 32.3 Å². The van der Waals surface area contributed by atoms with Gasteiger partial charge in [0.2, 0.25) is 0 Å². The highest BCUT2D eigenvalue weighted by atomic mass is 16.3. The normalized spacial score (nSPS) is 17.9. The number of benzene rings is 2. The van der Waals surface area contributed by atoms with Crippen LogP contribution in [0.25, 0.3) is 0 Å². The van der Waals surface area contributed by atoms with Gasteiger partial charge in [0.25, 0.3) is 0 Å². The second-order valence-electron chi connectivity index (χ2n) is 7.20. The lowest BCUT2D eigenvalue weighted by Gasteiger charge is -2.18. The number of nitrogens with one attached hydrogen (secondary N) is 2. The van der Waals surface area contributed by atoms with Crippen molar-refractivity contribution >= 4 is 6.03 Å². The molecule has 0 fully saturated rings. The highest BCUT2D eigenvalue weighted by Crippen LogP contribution is 2.31. The van der Waals surface area contributed by atoms with Crippen LogP contribution in [0.1, 0.15) is 34.1 Å². The number of imidazole rings is 1. The predicted molar refractivity (Wildman–Crippen MR) is 107 cm³/mol. The van der Waals surface area contributed by atoms with Crippen molar-refractivity contribution in [2.75, 3.05) is 0 Å². The van der Waals surface area contributed by atoms with Crippen molar-refractivity contribution in [3.05, 3.63) is 89.0 Å². The minimum atomic E-state index is -0.593. The molecule has 0 saturated carbocycles. The maximum atomic E-state index is 12.4. The molecule has 0 saturated heterocycles. The van der Waals surface area contributed by atoms with Gasteiger partial charge in [-0.3, -0.25) is 0 Å². The van der Waals surface area contributed by atoms with Crippen LogP contribution < -0.4 is 10.6 Å². The van der Waals surface area contributed by atoms with Gasteiger partial charge in [-0.1, -0.05) is 48.5 Å². The maximum Gasteiger partial charge on any atom is 0.315 e. The molecule has 0 bridgehead atoms. The van der Waals surface area contributed by atoms with Crippen molar-refractivity contribution in [2.24, 2.45) is 0 Å². The molecule has 2 aromatic carbocycles. The van der Waals surface area contributed by atoms with E-state index in [0.717, 1.165) is 34.6 Å². The molecule has 0 unspecified atom stereocenters. The fourth-order valence-electron chi connectivity index (χ4n) is 3.73. The van der Waals surface area contributed by atoms with Crippen LogP contribution in [-0.4, -0.2) is 26.8 Å². The van der Waals surface area contributed by atoms with Crippen LogP contribution in [0.5, 0.6) is 0 Å². The smallest absolute Gasteiger partial charge is 0.315 e. The highest BCUT2D eigenvalue weighted by molar-refractivity contribution is 5.74. The summed E-state index contributed by atoms with van der Waals surface area (Å²) in [7, 11) is 0. The van der Waals surface area contributed by atoms with Crippen LogP contribution in [0.4, 0.5) is 4.79 Å². The van der Waals surface area contributed by atoms with E-state index >= 15 is 0 Å². The molecule has 6 heteroatoms. The van der Waals surface area contributed by atoms with Gasteiger partial charge >= 0.3 is 6.03 Å². The second kappa shape index (κ2) is 7.86. The molecule has 0 spiro atoms. The average molecular weight is 376 g/mol. The molecule has 144 valence electrons. The highest BCUT2D eigenvalue weighted by Gasteiger charge is 2.31. The van der Waals surface area contributed by atoms with Crippen molar-refractivity contribution in [1.82, 2.24) is 20.2 Å². The van der Waals surface area contributed by atoms with Gasteiger partial charge < -0.3 is 20.3 Å². The molecule has 6 nitrogen and oxygen atoms in total. The number of rotatable bonds is 5. The molecule has 3 aromatic rings. The Morgan fingerprint density at radius 3 is 2.86 bits per heavy atom. The Morgan fingerprint density at radius 2 is 2.04 bits per heavy atom. The number of carbonyl (C=O) groups is 1. The summed E-state index contributed by atoms with van der Waals surface area (Å²) in [5.41, 5.74) is 4.25. The number of aryl methyl sites for hydroxylation is 1. The lowest BCUT2D eigenvalue weighted by Crippen LogP contribution is -2.40. The van der Waals surface area contributed by atoms with E-state index < -0.39 is 6.10 Å². The number of nitrogens with zero attached hydrogens (tertiary/aromatic N) is 2. The summed E-state index contributed by atoms with van der Waals surface area (Å²) in [6.45, 7) is 3.15. The molecule has 2 atom stereocenters. The van der Waals surface area contributed by atoms with Crippen molar-refractivity contribution < 1.29 is 9.90 Å². The van der Waals surface area contributed by atoms with Gasteiger partial charge in [0, 0.05) is 31.9 Å². The second-order valence-corrected chi connectivity index (χ2v) is 7.20. The standard InChI is InChI=1S/C22H24N4O2/c1-15-23-9-10-26(15)14-17-6-4-5-16(11-17)13-24-22(28)25-21-19-8-3-2-7-18(19)12-20(21)27/h2-11,20-21,27H,12-14H2,1H3,(H2,24,25,28)/t20-,21+/m0/s1. The van der Waals surface area contributed by atoms with E-state index in [0.29, 0.717) is 13.0 Å². The monoisotopic (exact) mass is 376 g/mol. The van der Waals surface area contributed by atoms with Crippen LogP contribution in [0, 0.1) is 6.92 Å². The van der Waals surface area contributed by atoms with E-state index in [1.807, 2.05) is 49.5 Å². The number of amides is 2. The van der Waals surface area contributed by atoms with Gasteiger partial charge in [-0.2, -0.15) is 0 Å². The lowest BCUT2D eigenvalue weighted by atomic mass is 10.1. The van der Waals surface area contributed by atoms with Crippen molar-refractivity contribution in [2.45, 2.75) is 38.6 Å². The summed E-state index contributed by atoms with van der Waals surface area (Å²) < 4.78 is 2.08. The van der Waals surface area contributed by atoms with Crippen LogP contribution in [0.3, 0.4) is 0 Å². The fourth-order valence-corrected chi connectivity index (χ4v) is 3.73. The predicted octanol–water partition coefficient (Wildman–Crippen LogP) is 2.70. The number of hydrogen-bond acceptors (Lipinski definition) is 3. The van der Waals surface area contributed by atoms with Crippen molar-refractivity contribution in [1.29, 1.82) is 0 Å². The van der Waals surface area contributed by atoms with Gasteiger partial charge in [0.1, 0.15) is 5.82 Å². The van der Waals surface area contributed by atoms with Gasteiger partial charge in [-0.05, 0) is 29.2 Å². The molecule has 2 amide bonds. The van der Waals surface area contributed by atoms with E-state index in [1.165, 1.54) is 0 Å². The summed E-state index contributed by atoms with van der Waals surface area (Å²) >= 11 is 0. The molecule has 4 rings (SSSR count). The molecular weight excluding hydrogens is 352 g/mol. The molecular formula is C22H24N4O2. The number of fused-ring (bicyclic) bond motifs is 1. The maximum absolute atomic E-state index is 12.4. The molecule has 0 aliphatic heterocycles.